The molecule has 196 valence electrons. The van der Waals surface area contributed by atoms with Crippen molar-refractivity contribution in [1.82, 2.24) is 10.1 Å². The van der Waals surface area contributed by atoms with Crippen molar-refractivity contribution in [2.24, 2.45) is 11.0 Å². The molecule has 0 spiro atoms. The van der Waals surface area contributed by atoms with E-state index in [9.17, 15) is 13.2 Å². The average Bonchev–Trinajstić information content (AvgIpc) is 2.87. The molecule has 0 unspecified atom stereocenters. The topological polar surface area (TPSA) is 106 Å². The Bertz CT molecular complexity index is 1310. The molecule has 0 fully saturated rings. The number of methoxy groups -OCH3 is 1. The van der Waals surface area contributed by atoms with Crippen molar-refractivity contribution in [3.05, 3.63) is 89.5 Å². The van der Waals surface area contributed by atoms with Crippen LogP contribution < -0.4 is 19.6 Å². The summed E-state index contributed by atoms with van der Waals surface area (Å²) in [5, 5.41) is 4.03. The van der Waals surface area contributed by atoms with Gasteiger partial charge in [0.1, 0.15) is 12.6 Å². The van der Waals surface area contributed by atoms with Crippen LogP contribution in [0, 0.1) is 12.8 Å². The van der Waals surface area contributed by atoms with Gasteiger partial charge in [-0.2, -0.15) is 9.82 Å². The third-order valence-electron chi connectivity index (χ3n) is 5.47. The molecule has 0 aromatic heterocycles. The number of hydrogen-bond acceptors (Lipinski definition) is 6. The fourth-order valence-corrected chi connectivity index (χ4v) is 4.73. The minimum atomic E-state index is -3.88. The Hall–Kier alpha value is -3.69. The van der Waals surface area contributed by atoms with Crippen molar-refractivity contribution in [3.63, 3.8) is 0 Å². The molecule has 0 saturated carbocycles. The first-order valence-electron chi connectivity index (χ1n) is 11.9. The second kappa shape index (κ2) is 13.0. The summed E-state index contributed by atoms with van der Waals surface area (Å²) in [7, 11) is -2.33. The van der Waals surface area contributed by atoms with Crippen LogP contribution in [0.25, 0.3) is 0 Å². The Morgan fingerprint density at radius 3 is 2.35 bits per heavy atom. The molecule has 0 radical (unpaired) electrons. The Balaban J connectivity index is 1.65. The lowest BCUT2D eigenvalue weighted by Crippen LogP contribution is -2.46. The summed E-state index contributed by atoms with van der Waals surface area (Å²) in [6.07, 6.45) is 1.77. The number of amides is 1. The van der Waals surface area contributed by atoms with Gasteiger partial charge < -0.3 is 9.47 Å². The molecule has 0 bridgehead atoms. The maximum atomic E-state index is 12.8. The number of ether oxygens (including phenoxy) is 2. The summed E-state index contributed by atoms with van der Waals surface area (Å²) in [5.41, 5.74) is 5.10. The normalized spacial score (nSPS) is 12.5. The standard InChI is InChI=1S/C28H33N3O5S/c1-20(2)16-25(31-37(33,34)24-13-10-21(3)11-14-24)28(32)30-29-18-23-12-15-26(27(17-23)35-4)36-19-22-8-6-5-7-9-22/h5-15,17-18,20,25,31H,16,19H2,1-4H3,(H,30,32)/b29-18-/t25-/m0/s1. The Labute approximate surface area is 218 Å². The third kappa shape index (κ3) is 8.44. The zero-order valence-corrected chi connectivity index (χ0v) is 22.3. The van der Waals surface area contributed by atoms with E-state index in [0.29, 0.717) is 30.1 Å². The lowest BCUT2D eigenvalue weighted by molar-refractivity contribution is -0.123. The lowest BCUT2D eigenvalue weighted by atomic mass is 10.0. The van der Waals surface area contributed by atoms with Gasteiger partial charge in [0.15, 0.2) is 11.5 Å². The number of carbonyl (C=O) groups is 1. The summed E-state index contributed by atoms with van der Waals surface area (Å²) in [6.45, 7) is 6.10. The summed E-state index contributed by atoms with van der Waals surface area (Å²) < 4.78 is 39.5. The first kappa shape index (κ1) is 27.9. The van der Waals surface area contributed by atoms with Crippen molar-refractivity contribution in [2.45, 2.75) is 44.7 Å². The SMILES string of the molecule is COc1cc(/C=N\NC(=O)[C@H](CC(C)C)NS(=O)(=O)c2ccc(C)cc2)ccc1OCc1ccccc1. The van der Waals surface area contributed by atoms with E-state index in [1.165, 1.54) is 18.3 Å². The maximum Gasteiger partial charge on any atom is 0.258 e. The molecule has 0 aliphatic carbocycles. The van der Waals surface area contributed by atoms with Crippen LogP contribution in [0.2, 0.25) is 0 Å². The molecule has 3 aromatic rings. The molecule has 2 N–H and O–H groups in total. The average molecular weight is 524 g/mol. The Morgan fingerprint density at radius 2 is 1.70 bits per heavy atom. The van der Waals surface area contributed by atoms with E-state index in [4.69, 9.17) is 9.47 Å². The van der Waals surface area contributed by atoms with E-state index >= 15 is 0 Å². The van der Waals surface area contributed by atoms with Gasteiger partial charge in [-0.05, 0) is 60.7 Å². The largest absolute Gasteiger partial charge is 0.493 e. The second-order valence-electron chi connectivity index (χ2n) is 9.04. The van der Waals surface area contributed by atoms with Gasteiger partial charge in [0.25, 0.3) is 5.91 Å². The number of sulfonamides is 1. The van der Waals surface area contributed by atoms with Crippen LogP contribution in [0.5, 0.6) is 11.5 Å². The number of aryl methyl sites for hydroxylation is 1. The van der Waals surface area contributed by atoms with Crippen LogP contribution in [0.1, 0.15) is 37.0 Å². The first-order valence-corrected chi connectivity index (χ1v) is 13.4. The molecule has 9 heteroatoms. The van der Waals surface area contributed by atoms with E-state index in [-0.39, 0.29) is 10.8 Å². The van der Waals surface area contributed by atoms with Gasteiger partial charge in [-0.1, -0.05) is 61.9 Å². The molecule has 0 saturated heterocycles. The van der Waals surface area contributed by atoms with E-state index in [0.717, 1.165) is 11.1 Å². The van der Waals surface area contributed by atoms with Gasteiger partial charge >= 0.3 is 0 Å². The summed E-state index contributed by atoms with van der Waals surface area (Å²) in [5.74, 6) is 0.633. The molecule has 0 aliphatic heterocycles. The predicted molar refractivity (Wildman–Crippen MR) is 144 cm³/mol. The molecular weight excluding hydrogens is 490 g/mol. The highest BCUT2D eigenvalue weighted by Crippen LogP contribution is 2.28. The van der Waals surface area contributed by atoms with Gasteiger partial charge in [-0.15, -0.1) is 0 Å². The van der Waals surface area contributed by atoms with Crippen LogP contribution in [0.4, 0.5) is 0 Å². The fraction of sp³-hybridized carbons (Fsp3) is 0.286. The third-order valence-corrected chi connectivity index (χ3v) is 6.95. The minimum Gasteiger partial charge on any atom is -0.493 e. The molecule has 3 aromatic carbocycles. The van der Waals surface area contributed by atoms with Gasteiger partial charge in [0.2, 0.25) is 10.0 Å². The molecule has 37 heavy (non-hydrogen) atoms. The van der Waals surface area contributed by atoms with Crippen molar-refractivity contribution in [2.75, 3.05) is 7.11 Å². The number of rotatable bonds is 12. The van der Waals surface area contributed by atoms with Gasteiger partial charge in [0.05, 0.1) is 18.2 Å². The molecular formula is C28H33N3O5S. The molecule has 1 amide bonds. The van der Waals surface area contributed by atoms with Crippen LogP contribution in [0.15, 0.2) is 82.8 Å². The monoisotopic (exact) mass is 523 g/mol. The van der Waals surface area contributed by atoms with Crippen LogP contribution >= 0.6 is 0 Å². The number of benzene rings is 3. The van der Waals surface area contributed by atoms with E-state index in [1.807, 2.05) is 51.1 Å². The number of nitrogens with zero attached hydrogens (tertiary/aromatic N) is 1. The van der Waals surface area contributed by atoms with Crippen LogP contribution in [0.3, 0.4) is 0 Å². The molecule has 8 nitrogen and oxygen atoms in total. The maximum absolute atomic E-state index is 12.8. The zero-order chi connectivity index (χ0) is 26.8. The minimum absolute atomic E-state index is 0.0770. The van der Waals surface area contributed by atoms with Crippen molar-refractivity contribution in [1.29, 1.82) is 0 Å². The van der Waals surface area contributed by atoms with Crippen LogP contribution in [-0.2, 0) is 21.4 Å². The number of hydrazone groups is 1. The molecule has 0 heterocycles. The fourth-order valence-electron chi connectivity index (χ4n) is 3.52. The van der Waals surface area contributed by atoms with Gasteiger partial charge in [-0.25, -0.2) is 13.8 Å². The van der Waals surface area contributed by atoms with E-state index < -0.39 is 22.0 Å². The number of hydrogen-bond donors (Lipinski definition) is 2. The molecule has 0 aliphatic rings. The quantitative estimate of drug-likeness (QED) is 0.270. The van der Waals surface area contributed by atoms with Crippen molar-refractivity contribution >= 4 is 22.1 Å². The zero-order valence-electron chi connectivity index (χ0n) is 21.5. The summed E-state index contributed by atoms with van der Waals surface area (Å²) >= 11 is 0. The highest BCUT2D eigenvalue weighted by atomic mass is 32.2. The Kier molecular flexibility index (Phi) is 9.82. The second-order valence-corrected chi connectivity index (χ2v) is 10.7. The van der Waals surface area contributed by atoms with Gasteiger partial charge in [-0.3, -0.25) is 4.79 Å². The number of carbonyl (C=O) groups excluding carboxylic acids is 1. The predicted octanol–water partition coefficient (Wildman–Crippen LogP) is 4.43. The summed E-state index contributed by atoms with van der Waals surface area (Å²) in [4.78, 5) is 12.9. The molecule has 3 rings (SSSR count). The highest BCUT2D eigenvalue weighted by molar-refractivity contribution is 7.89. The van der Waals surface area contributed by atoms with Gasteiger partial charge in [0, 0.05) is 0 Å². The van der Waals surface area contributed by atoms with Crippen molar-refractivity contribution in [3.8, 4) is 11.5 Å². The van der Waals surface area contributed by atoms with Crippen LogP contribution in [-0.4, -0.2) is 33.7 Å². The van der Waals surface area contributed by atoms with E-state index in [2.05, 4.69) is 15.2 Å². The first-order chi connectivity index (χ1) is 17.7. The smallest absolute Gasteiger partial charge is 0.258 e. The highest BCUT2D eigenvalue weighted by Gasteiger charge is 2.26. The summed E-state index contributed by atoms with van der Waals surface area (Å²) in [6, 6.07) is 20.5. The number of nitrogens with one attached hydrogen (secondary N) is 2. The van der Waals surface area contributed by atoms with E-state index in [1.54, 1.807) is 37.4 Å². The lowest BCUT2D eigenvalue weighted by Gasteiger charge is -2.19. The van der Waals surface area contributed by atoms with Crippen molar-refractivity contribution < 1.29 is 22.7 Å². The Morgan fingerprint density at radius 1 is 1.00 bits per heavy atom. The molecule has 1 atom stereocenters.